The van der Waals surface area contributed by atoms with Gasteiger partial charge in [0.05, 0.1) is 5.69 Å². The van der Waals surface area contributed by atoms with E-state index in [2.05, 4.69) is 63.1 Å². The molecule has 33 heavy (non-hydrogen) atoms. The molecule has 1 saturated carbocycles. The zero-order chi connectivity index (χ0) is 22.4. The minimum Gasteiger partial charge on any atom is -0.369 e. The van der Waals surface area contributed by atoms with Gasteiger partial charge in [-0.2, -0.15) is 0 Å². The largest absolute Gasteiger partial charge is 0.369 e. The number of rotatable bonds is 4. The van der Waals surface area contributed by atoms with Crippen LogP contribution in [0.4, 0.5) is 11.4 Å². The van der Waals surface area contributed by atoms with Gasteiger partial charge in [-0.15, -0.1) is 0 Å². The van der Waals surface area contributed by atoms with E-state index in [1.807, 2.05) is 6.20 Å². The molecule has 172 valence electrons. The molecule has 0 spiro atoms. The summed E-state index contributed by atoms with van der Waals surface area (Å²) in [7, 11) is 2.20. The molecule has 6 nitrogen and oxygen atoms in total. The number of likely N-dealkylation sites (N-methyl/N-ethyl adjacent to an activating group) is 1. The summed E-state index contributed by atoms with van der Waals surface area (Å²) in [5.41, 5.74) is 7.65. The van der Waals surface area contributed by atoms with Gasteiger partial charge < -0.3 is 19.6 Å². The van der Waals surface area contributed by atoms with Crippen LogP contribution in [-0.4, -0.2) is 80.1 Å². The summed E-state index contributed by atoms with van der Waals surface area (Å²) in [4.78, 5) is 26.5. The lowest BCUT2D eigenvalue weighted by atomic mass is 10.0. The predicted octanol–water partition coefficient (Wildman–Crippen LogP) is 2.99. The Hall–Kier alpha value is -2.86. The molecule has 3 fully saturated rings. The highest BCUT2D eigenvalue weighted by atomic mass is 16.2. The van der Waals surface area contributed by atoms with E-state index in [0.717, 1.165) is 71.6 Å². The van der Waals surface area contributed by atoms with E-state index >= 15 is 0 Å². The van der Waals surface area contributed by atoms with Crippen LogP contribution in [0.25, 0.3) is 11.6 Å². The van der Waals surface area contributed by atoms with Gasteiger partial charge in [-0.25, -0.2) is 0 Å². The first-order chi connectivity index (χ1) is 16.2. The number of hydrogen-bond acceptors (Lipinski definition) is 5. The monoisotopic (exact) mass is 443 g/mol. The fourth-order valence-electron chi connectivity index (χ4n) is 5.38. The van der Waals surface area contributed by atoms with Crippen molar-refractivity contribution in [3.8, 4) is 0 Å². The van der Waals surface area contributed by atoms with Crippen LogP contribution in [-0.2, 0) is 11.2 Å². The number of carbonyl (C=O) groups excluding carboxylic acids is 1. The molecular formula is C27H33N5O. The molecule has 0 unspecified atom stereocenters. The number of aromatic nitrogens is 1. The highest BCUT2D eigenvalue weighted by Gasteiger charge is 2.35. The fraction of sp³-hybridized carbons (Fsp3) is 0.481. The van der Waals surface area contributed by atoms with Crippen LogP contribution < -0.4 is 9.80 Å². The molecule has 6 rings (SSSR count). The molecule has 2 saturated heterocycles. The van der Waals surface area contributed by atoms with Crippen molar-refractivity contribution in [2.45, 2.75) is 19.3 Å². The number of nitrogens with zero attached hydrogens (tertiary/aromatic N) is 5. The van der Waals surface area contributed by atoms with Crippen molar-refractivity contribution in [1.29, 1.82) is 0 Å². The Morgan fingerprint density at radius 3 is 2.27 bits per heavy atom. The zero-order valence-corrected chi connectivity index (χ0v) is 19.5. The van der Waals surface area contributed by atoms with Crippen LogP contribution in [0, 0.1) is 5.92 Å². The Kier molecular flexibility index (Phi) is 5.33. The molecule has 6 heteroatoms. The van der Waals surface area contributed by atoms with Gasteiger partial charge in [-0.1, -0.05) is 12.1 Å². The number of amides is 1. The van der Waals surface area contributed by atoms with E-state index in [-0.39, 0.29) is 0 Å². The van der Waals surface area contributed by atoms with Crippen molar-refractivity contribution in [3.05, 3.63) is 53.3 Å². The van der Waals surface area contributed by atoms with Crippen molar-refractivity contribution < 1.29 is 4.79 Å². The quantitative estimate of drug-likeness (QED) is 0.727. The van der Waals surface area contributed by atoms with Crippen molar-refractivity contribution >= 4 is 28.9 Å². The smallest absolute Gasteiger partial charge is 0.225 e. The van der Waals surface area contributed by atoms with E-state index in [1.165, 1.54) is 33.8 Å². The number of hydrogen-bond donors (Lipinski definition) is 0. The molecule has 3 heterocycles. The Morgan fingerprint density at radius 2 is 1.58 bits per heavy atom. The second kappa shape index (κ2) is 8.49. The van der Waals surface area contributed by atoms with Gasteiger partial charge in [0.25, 0.3) is 0 Å². The molecule has 2 aliphatic heterocycles. The average molecular weight is 444 g/mol. The number of anilines is 2. The third-order valence-corrected chi connectivity index (χ3v) is 7.69. The van der Waals surface area contributed by atoms with E-state index in [9.17, 15) is 4.79 Å². The van der Waals surface area contributed by atoms with Crippen LogP contribution in [0.2, 0.25) is 0 Å². The van der Waals surface area contributed by atoms with Crippen molar-refractivity contribution in [2.75, 3.05) is 69.2 Å². The van der Waals surface area contributed by atoms with Crippen LogP contribution >= 0.6 is 0 Å². The highest BCUT2D eigenvalue weighted by Crippen LogP contribution is 2.37. The normalized spacial score (nSPS) is 21.2. The average Bonchev–Trinajstić information content (AvgIpc) is 3.62. The maximum absolute atomic E-state index is 12.4. The molecule has 1 aromatic carbocycles. The molecule has 0 bridgehead atoms. The minimum atomic E-state index is 0.315. The Labute approximate surface area is 196 Å². The SMILES string of the molecule is CN1CCN(c2ccc(C3=Cc4c(N5CCN(C(=O)C6CC6)CC5)ccnc4C3)cc2)CC1. The van der Waals surface area contributed by atoms with Gasteiger partial charge in [0.15, 0.2) is 0 Å². The second-order valence-electron chi connectivity index (χ2n) is 9.96. The summed E-state index contributed by atoms with van der Waals surface area (Å²) >= 11 is 0. The molecular weight excluding hydrogens is 410 g/mol. The van der Waals surface area contributed by atoms with Gasteiger partial charge in [0.1, 0.15) is 0 Å². The Balaban J connectivity index is 1.16. The number of allylic oxidation sites excluding steroid dienone is 1. The van der Waals surface area contributed by atoms with Crippen molar-refractivity contribution in [1.82, 2.24) is 14.8 Å². The molecule has 1 aromatic heterocycles. The summed E-state index contributed by atoms with van der Waals surface area (Å²) in [6.45, 7) is 7.90. The summed E-state index contributed by atoms with van der Waals surface area (Å²) in [6.07, 6.45) is 7.34. The first-order valence-electron chi connectivity index (χ1n) is 12.4. The summed E-state index contributed by atoms with van der Waals surface area (Å²) in [5.74, 6) is 0.687. The van der Waals surface area contributed by atoms with Gasteiger partial charge in [0, 0.05) is 87.8 Å². The van der Waals surface area contributed by atoms with Crippen LogP contribution in [0.5, 0.6) is 0 Å². The summed E-state index contributed by atoms with van der Waals surface area (Å²) < 4.78 is 0. The fourth-order valence-corrected chi connectivity index (χ4v) is 5.38. The predicted molar refractivity (Wildman–Crippen MR) is 133 cm³/mol. The summed E-state index contributed by atoms with van der Waals surface area (Å²) in [6, 6.07) is 11.2. The first-order valence-corrected chi connectivity index (χ1v) is 12.4. The molecule has 2 aliphatic carbocycles. The molecule has 0 radical (unpaired) electrons. The number of benzene rings is 1. The topological polar surface area (TPSA) is 42.9 Å². The van der Waals surface area contributed by atoms with E-state index < -0.39 is 0 Å². The Bertz CT molecular complexity index is 1060. The van der Waals surface area contributed by atoms with Crippen molar-refractivity contribution in [3.63, 3.8) is 0 Å². The van der Waals surface area contributed by atoms with Crippen LogP contribution in [0.3, 0.4) is 0 Å². The standard InChI is InChI=1S/C27H33N5O/c1-29-10-12-30(13-11-29)23-6-4-20(5-7-23)22-18-24-25(19-22)28-9-8-26(24)31-14-16-32(17-15-31)27(33)21-2-3-21/h4-9,18,21H,2-3,10-17,19H2,1H3. The molecule has 1 amide bonds. The number of fused-ring (bicyclic) bond motifs is 1. The molecule has 2 aromatic rings. The molecule has 0 N–H and O–H groups in total. The molecule has 0 atom stereocenters. The second-order valence-corrected chi connectivity index (χ2v) is 9.96. The van der Waals surface area contributed by atoms with Gasteiger partial charge in [0.2, 0.25) is 5.91 Å². The van der Waals surface area contributed by atoms with Crippen LogP contribution in [0.15, 0.2) is 36.5 Å². The van der Waals surface area contributed by atoms with Gasteiger partial charge >= 0.3 is 0 Å². The van der Waals surface area contributed by atoms with E-state index in [1.54, 1.807) is 0 Å². The summed E-state index contributed by atoms with van der Waals surface area (Å²) in [5, 5.41) is 0. The third kappa shape index (κ3) is 4.12. The van der Waals surface area contributed by atoms with Gasteiger partial charge in [-0.05, 0) is 55.3 Å². The lowest BCUT2D eigenvalue weighted by Gasteiger charge is -2.37. The number of pyridine rings is 1. The lowest BCUT2D eigenvalue weighted by molar-refractivity contribution is -0.132. The lowest BCUT2D eigenvalue weighted by Crippen LogP contribution is -2.49. The third-order valence-electron chi connectivity index (χ3n) is 7.69. The Morgan fingerprint density at radius 1 is 0.879 bits per heavy atom. The highest BCUT2D eigenvalue weighted by molar-refractivity contribution is 5.92. The maximum Gasteiger partial charge on any atom is 0.225 e. The number of piperazine rings is 2. The minimum absolute atomic E-state index is 0.315. The van der Waals surface area contributed by atoms with Gasteiger partial charge in [-0.3, -0.25) is 9.78 Å². The first kappa shape index (κ1) is 20.7. The van der Waals surface area contributed by atoms with Crippen LogP contribution in [0.1, 0.15) is 29.7 Å². The van der Waals surface area contributed by atoms with E-state index in [0.29, 0.717) is 11.8 Å². The van der Waals surface area contributed by atoms with E-state index in [4.69, 9.17) is 4.98 Å². The number of carbonyl (C=O) groups is 1. The molecule has 4 aliphatic rings. The zero-order valence-electron chi connectivity index (χ0n) is 19.5. The van der Waals surface area contributed by atoms with Crippen molar-refractivity contribution in [2.24, 2.45) is 5.92 Å². The maximum atomic E-state index is 12.4.